The number of unbranched alkanes of at least 4 members (excludes halogenated alkanes) is 3. The van der Waals surface area contributed by atoms with Gasteiger partial charge in [0.05, 0.1) is 36.1 Å². The lowest BCUT2D eigenvalue weighted by molar-refractivity contribution is -0.122. The van der Waals surface area contributed by atoms with Crippen LogP contribution in [0.3, 0.4) is 0 Å². The standard InChI is InChI=1S/C19H30ClN3O3.C8H15N.CH2O2/c1-3-4-5-6-7-23-8-9-26-14(13-23)12-22-19(24)15-10-16(20)17(21)11-18(15)25-2;1-2-4-8-5-7-9(8)6-3-1;2-1-3/h10-11,14H,3-9,12-13,21H2,1-2H3,(H,22,24);8H,1-7H2;1H,(H,2,3). The van der Waals surface area contributed by atoms with Crippen molar-refractivity contribution < 1.29 is 24.2 Å². The minimum absolute atomic E-state index is 0.00544. The Labute approximate surface area is 233 Å². The van der Waals surface area contributed by atoms with Gasteiger partial charge in [-0.1, -0.05) is 50.6 Å². The highest BCUT2D eigenvalue weighted by atomic mass is 35.5. The highest BCUT2D eigenvalue weighted by Crippen LogP contribution is 2.29. The molecule has 0 saturated carbocycles. The maximum Gasteiger partial charge on any atom is 0.290 e. The van der Waals surface area contributed by atoms with Gasteiger partial charge in [0, 0.05) is 31.7 Å². The third-order valence-electron chi connectivity index (χ3n) is 7.35. The van der Waals surface area contributed by atoms with Gasteiger partial charge in [0.15, 0.2) is 0 Å². The van der Waals surface area contributed by atoms with Gasteiger partial charge in [-0.15, -0.1) is 0 Å². The van der Waals surface area contributed by atoms with Crippen LogP contribution in [0.5, 0.6) is 5.75 Å². The van der Waals surface area contributed by atoms with E-state index in [4.69, 9.17) is 36.7 Å². The number of nitrogens with two attached hydrogens (primary N) is 1. The topological polar surface area (TPSA) is 117 Å². The summed E-state index contributed by atoms with van der Waals surface area (Å²) in [4.78, 5) is 25.9. The molecule has 1 aromatic carbocycles. The molecule has 1 aromatic rings. The van der Waals surface area contributed by atoms with E-state index in [-0.39, 0.29) is 18.5 Å². The molecule has 3 aliphatic heterocycles. The fourth-order valence-corrected chi connectivity index (χ4v) is 5.24. The summed E-state index contributed by atoms with van der Waals surface area (Å²) >= 11 is 6.03. The second-order valence-corrected chi connectivity index (χ2v) is 10.5. The van der Waals surface area contributed by atoms with Gasteiger partial charge >= 0.3 is 0 Å². The van der Waals surface area contributed by atoms with Crippen molar-refractivity contribution in [2.24, 2.45) is 0 Å². The molecule has 0 aromatic heterocycles. The number of fused-ring (bicyclic) bond motifs is 1. The van der Waals surface area contributed by atoms with Crippen LogP contribution in [-0.2, 0) is 9.53 Å². The number of amides is 1. The molecule has 0 radical (unpaired) electrons. The Morgan fingerprint density at radius 3 is 2.68 bits per heavy atom. The van der Waals surface area contributed by atoms with E-state index in [1.54, 1.807) is 6.07 Å². The molecule has 4 rings (SSSR count). The van der Waals surface area contributed by atoms with Crippen LogP contribution in [0.1, 0.15) is 75.1 Å². The largest absolute Gasteiger partial charge is 0.496 e. The van der Waals surface area contributed by atoms with Gasteiger partial charge in [0.25, 0.3) is 12.4 Å². The van der Waals surface area contributed by atoms with Crippen molar-refractivity contribution in [3.05, 3.63) is 22.7 Å². The van der Waals surface area contributed by atoms with Crippen molar-refractivity contribution >= 4 is 29.7 Å². The predicted octanol–water partition coefficient (Wildman–Crippen LogP) is 4.28. The number of nitrogens with one attached hydrogen (secondary N) is 1. The van der Waals surface area contributed by atoms with Gasteiger partial charge in [0.2, 0.25) is 0 Å². The summed E-state index contributed by atoms with van der Waals surface area (Å²) in [5, 5.41) is 10.1. The third kappa shape index (κ3) is 11.0. The van der Waals surface area contributed by atoms with E-state index < -0.39 is 0 Å². The number of morpholine rings is 1. The zero-order chi connectivity index (χ0) is 27.8. The average Bonchev–Trinajstić information content (AvgIpc) is 3.07. The van der Waals surface area contributed by atoms with Gasteiger partial charge in [-0.05, 0) is 51.4 Å². The fraction of sp³-hybridized carbons (Fsp3) is 0.714. The van der Waals surface area contributed by atoms with E-state index in [1.807, 2.05) is 0 Å². The number of hydrogen-bond acceptors (Lipinski definition) is 7. The molecule has 4 N–H and O–H groups in total. The summed E-state index contributed by atoms with van der Waals surface area (Å²) < 4.78 is 11.0. The van der Waals surface area contributed by atoms with Gasteiger partial charge < -0.3 is 30.5 Å². The number of carbonyl (C=O) groups is 2. The van der Waals surface area contributed by atoms with Crippen LogP contribution in [0.2, 0.25) is 5.02 Å². The zero-order valence-corrected chi connectivity index (χ0v) is 23.9. The maximum atomic E-state index is 12.5. The van der Waals surface area contributed by atoms with Crippen molar-refractivity contribution in [2.75, 3.05) is 58.7 Å². The zero-order valence-electron chi connectivity index (χ0n) is 23.1. The first kappa shape index (κ1) is 32.1. The van der Waals surface area contributed by atoms with Gasteiger partial charge in [0.1, 0.15) is 5.75 Å². The second kappa shape index (κ2) is 18.3. The van der Waals surface area contributed by atoms with Crippen molar-refractivity contribution in [3.63, 3.8) is 0 Å². The van der Waals surface area contributed by atoms with Crippen molar-refractivity contribution in [3.8, 4) is 5.75 Å². The summed E-state index contributed by atoms with van der Waals surface area (Å²) in [5.74, 6) is 0.166. The lowest BCUT2D eigenvalue weighted by Gasteiger charge is -2.39. The van der Waals surface area contributed by atoms with E-state index >= 15 is 0 Å². The van der Waals surface area contributed by atoms with Crippen molar-refractivity contribution in [2.45, 2.75) is 76.9 Å². The lowest BCUT2D eigenvalue weighted by Crippen LogP contribution is -2.47. The molecule has 2 unspecified atom stereocenters. The molecule has 3 heterocycles. The summed E-state index contributed by atoms with van der Waals surface area (Å²) in [5.41, 5.74) is 6.52. The molecule has 9 nitrogen and oxygen atoms in total. The maximum absolute atomic E-state index is 12.5. The smallest absolute Gasteiger partial charge is 0.290 e. The SMILES string of the molecule is C1CCC2CCN2CC1.CCCCCCN1CCOC(CNC(=O)c2cc(Cl)c(N)cc2OC)C1.O=CO. The van der Waals surface area contributed by atoms with E-state index in [9.17, 15) is 4.79 Å². The molecule has 38 heavy (non-hydrogen) atoms. The average molecular weight is 555 g/mol. The first-order valence-electron chi connectivity index (χ1n) is 14.0. The number of anilines is 1. The van der Waals surface area contributed by atoms with Crippen LogP contribution in [-0.4, -0.2) is 92.4 Å². The number of nitrogens with zero attached hydrogens (tertiary/aromatic N) is 2. The molecule has 0 aliphatic carbocycles. The minimum atomic E-state index is -0.250. The normalized spacial score (nSPS) is 21.2. The van der Waals surface area contributed by atoms with E-state index in [0.29, 0.717) is 35.2 Å². The summed E-state index contributed by atoms with van der Waals surface area (Å²) in [6.07, 6.45) is 12.4. The van der Waals surface area contributed by atoms with E-state index in [1.165, 1.54) is 84.1 Å². The van der Waals surface area contributed by atoms with Crippen LogP contribution in [0.25, 0.3) is 0 Å². The summed E-state index contributed by atoms with van der Waals surface area (Å²) in [6, 6.07) is 4.10. The molecular formula is C28H47ClN4O5. The Kier molecular flexibility index (Phi) is 15.4. The number of methoxy groups -OCH3 is 1. The monoisotopic (exact) mass is 554 g/mol. The number of carbonyl (C=O) groups excluding carboxylic acids is 1. The molecule has 3 saturated heterocycles. The Morgan fingerprint density at radius 1 is 1.21 bits per heavy atom. The molecule has 2 atom stereocenters. The second-order valence-electron chi connectivity index (χ2n) is 10.1. The van der Waals surface area contributed by atoms with E-state index in [2.05, 4.69) is 22.0 Å². The minimum Gasteiger partial charge on any atom is -0.496 e. The molecular weight excluding hydrogens is 508 g/mol. The fourth-order valence-electron chi connectivity index (χ4n) is 5.07. The molecule has 216 valence electrons. The summed E-state index contributed by atoms with van der Waals surface area (Å²) in [6.45, 7) is 8.80. The molecule has 10 heteroatoms. The number of nitrogen functional groups attached to an aromatic ring is 1. The van der Waals surface area contributed by atoms with Crippen LogP contribution in [0, 0.1) is 0 Å². The molecule has 0 spiro atoms. The van der Waals surface area contributed by atoms with Crippen LogP contribution in [0.4, 0.5) is 5.69 Å². The van der Waals surface area contributed by atoms with Gasteiger partial charge in [-0.2, -0.15) is 0 Å². The van der Waals surface area contributed by atoms with E-state index in [0.717, 1.165) is 25.7 Å². The highest BCUT2D eigenvalue weighted by Gasteiger charge is 2.28. The number of benzene rings is 1. The van der Waals surface area contributed by atoms with Gasteiger partial charge in [-0.25, -0.2) is 0 Å². The highest BCUT2D eigenvalue weighted by molar-refractivity contribution is 6.33. The first-order chi connectivity index (χ1) is 18.4. The molecule has 3 fully saturated rings. The Balaban J connectivity index is 0.000000345. The number of carboxylic acid groups (broad SMARTS) is 1. The van der Waals surface area contributed by atoms with Crippen molar-refractivity contribution in [1.29, 1.82) is 0 Å². The van der Waals surface area contributed by atoms with Crippen molar-refractivity contribution in [1.82, 2.24) is 15.1 Å². The quantitative estimate of drug-likeness (QED) is 0.235. The number of ether oxygens (including phenoxy) is 2. The predicted molar refractivity (Wildman–Crippen MR) is 152 cm³/mol. The molecule has 3 aliphatic rings. The Bertz CT molecular complexity index is 832. The van der Waals surface area contributed by atoms with Crippen LogP contribution in [0.15, 0.2) is 12.1 Å². The molecule has 1 amide bonds. The number of hydrogen-bond donors (Lipinski definition) is 3. The molecule has 0 bridgehead atoms. The number of halogens is 1. The third-order valence-corrected chi connectivity index (χ3v) is 7.68. The van der Waals surface area contributed by atoms with Gasteiger partial charge in [-0.3, -0.25) is 14.5 Å². The Morgan fingerprint density at radius 2 is 2.00 bits per heavy atom. The first-order valence-corrected chi connectivity index (χ1v) is 14.4. The lowest BCUT2D eigenvalue weighted by atomic mass is 10.00. The summed E-state index contributed by atoms with van der Waals surface area (Å²) in [7, 11) is 1.50. The van der Waals surface area contributed by atoms with Crippen LogP contribution >= 0.6 is 11.6 Å². The number of rotatable bonds is 9. The Hall–Kier alpha value is -2.07. The van der Waals surface area contributed by atoms with Crippen LogP contribution < -0.4 is 15.8 Å².